The van der Waals surface area contributed by atoms with Gasteiger partial charge in [0.2, 0.25) is 10.0 Å². The molecule has 1 heterocycles. The van der Waals surface area contributed by atoms with E-state index in [1.165, 1.54) is 18.4 Å². The van der Waals surface area contributed by atoms with Crippen LogP contribution in [0.3, 0.4) is 0 Å². The molecule has 0 aliphatic heterocycles. The Hall–Kier alpha value is -0.790. The largest absolute Gasteiger partial charge is 0.465 e. The van der Waals surface area contributed by atoms with Crippen LogP contribution < -0.4 is 4.72 Å². The maximum absolute atomic E-state index is 11.9. The number of thiophene rings is 1. The van der Waals surface area contributed by atoms with Gasteiger partial charge in [0.25, 0.3) is 0 Å². The van der Waals surface area contributed by atoms with Crippen molar-refractivity contribution >= 4 is 43.9 Å². The molecule has 1 aliphatic rings. The molecule has 0 saturated carbocycles. The minimum Gasteiger partial charge on any atom is -0.465 e. The quantitative estimate of drug-likeness (QED) is 0.639. The number of halogens is 1. The molecule has 1 aromatic heterocycles. The molecule has 5 nitrogen and oxygen atoms in total. The molecule has 0 fully saturated rings. The van der Waals surface area contributed by atoms with Crippen LogP contribution in [0.5, 0.6) is 0 Å². The van der Waals surface area contributed by atoms with Gasteiger partial charge in [-0.25, -0.2) is 13.2 Å². The van der Waals surface area contributed by atoms with E-state index in [2.05, 4.69) is 4.72 Å². The number of anilines is 1. The Morgan fingerprint density at radius 1 is 1.45 bits per heavy atom. The molecule has 2 rings (SSSR count). The predicted octanol–water partition coefficient (Wildman–Crippen LogP) is 2.39. The third-order valence-electron chi connectivity index (χ3n) is 3.11. The molecular weight excluding hydrogens is 322 g/mol. The Kier molecular flexibility index (Phi) is 4.93. The van der Waals surface area contributed by atoms with Gasteiger partial charge in [0.1, 0.15) is 5.00 Å². The first-order valence-corrected chi connectivity index (χ1v) is 9.28. The molecule has 8 heteroatoms. The number of fused-ring (bicyclic) bond motifs is 1. The van der Waals surface area contributed by atoms with Gasteiger partial charge in [-0.3, -0.25) is 4.72 Å². The second kappa shape index (κ2) is 6.32. The van der Waals surface area contributed by atoms with E-state index in [4.69, 9.17) is 16.3 Å². The molecule has 1 aromatic rings. The molecule has 0 aromatic carbocycles. The molecule has 20 heavy (non-hydrogen) atoms. The van der Waals surface area contributed by atoms with Crippen molar-refractivity contribution in [1.82, 2.24) is 0 Å². The summed E-state index contributed by atoms with van der Waals surface area (Å²) in [4.78, 5) is 13.0. The van der Waals surface area contributed by atoms with E-state index in [1.54, 1.807) is 0 Å². The zero-order valence-electron chi connectivity index (χ0n) is 11.1. The lowest BCUT2D eigenvalue weighted by Gasteiger charge is -2.08. The number of ether oxygens (including phenoxy) is 1. The molecule has 0 saturated heterocycles. The number of carbonyl (C=O) groups is 1. The zero-order chi connectivity index (χ0) is 14.8. The molecule has 1 aliphatic carbocycles. The average molecular weight is 338 g/mol. The summed E-state index contributed by atoms with van der Waals surface area (Å²) in [5.41, 5.74) is 1.30. The van der Waals surface area contributed by atoms with E-state index in [9.17, 15) is 13.2 Å². The number of aryl methyl sites for hydroxylation is 1. The topological polar surface area (TPSA) is 72.5 Å². The number of hydrogen-bond acceptors (Lipinski definition) is 5. The van der Waals surface area contributed by atoms with E-state index in [-0.39, 0.29) is 11.6 Å². The number of alkyl halides is 1. The molecule has 0 atom stereocenters. The Labute approximate surface area is 127 Å². The van der Waals surface area contributed by atoms with E-state index >= 15 is 0 Å². The number of sulfonamides is 1. The van der Waals surface area contributed by atoms with Crippen LogP contribution >= 0.6 is 22.9 Å². The minimum absolute atomic E-state index is 0.0559. The van der Waals surface area contributed by atoms with Crippen LogP contribution in [0.15, 0.2) is 0 Å². The number of nitrogens with one attached hydrogen (secondary N) is 1. The van der Waals surface area contributed by atoms with Gasteiger partial charge in [0, 0.05) is 10.8 Å². The third kappa shape index (κ3) is 3.27. The summed E-state index contributed by atoms with van der Waals surface area (Å²) >= 11 is 6.84. The van der Waals surface area contributed by atoms with Crippen molar-refractivity contribution in [1.29, 1.82) is 0 Å². The van der Waals surface area contributed by atoms with Gasteiger partial charge in [0.15, 0.2) is 0 Å². The van der Waals surface area contributed by atoms with Crippen LogP contribution in [-0.4, -0.2) is 33.1 Å². The van der Waals surface area contributed by atoms with Crippen LogP contribution in [-0.2, 0) is 27.6 Å². The smallest absolute Gasteiger partial charge is 0.341 e. The van der Waals surface area contributed by atoms with Crippen molar-refractivity contribution in [3.05, 3.63) is 16.0 Å². The van der Waals surface area contributed by atoms with Gasteiger partial charge < -0.3 is 4.74 Å². The van der Waals surface area contributed by atoms with Gasteiger partial charge in [-0.1, -0.05) is 0 Å². The van der Waals surface area contributed by atoms with Crippen molar-refractivity contribution in [2.75, 3.05) is 23.5 Å². The van der Waals surface area contributed by atoms with E-state index in [1.807, 2.05) is 0 Å². The van der Waals surface area contributed by atoms with Gasteiger partial charge in [-0.15, -0.1) is 22.9 Å². The van der Waals surface area contributed by atoms with Gasteiger partial charge in [-0.05, 0) is 31.2 Å². The first kappa shape index (κ1) is 15.6. The van der Waals surface area contributed by atoms with Gasteiger partial charge in [-0.2, -0.15) is 0 Å². The van der Waals surface area contributed by atoms with E-state index < -0.39 is 16.0 Å². The number of esters is 1. The van der Waals surface area contributed by atoms with Crippen molar-refractivity contribution < 1.29 is 17.9 Å². The van der Waals surface area contributed by atoms with E-state index in [0.717, 1.165) is 29.7 Å². The highest BCUT2D eigenvalue weighted by Gasteiger charge is 2.28. The highest BCUT2D eigenvalue weighted by Crippen LogP contribution is 2.39. The Morgan fingerprint density at radius 2 is 2.20 bits per heavy atom. The average Bonchev–Trinajstić information content (AvgIpc) is 2.95. The summed E-state index contributed by atoms with van der Waals surface area (Å²) in [6, 6.07) is 0. The zero-order valence-corrected chi connectivity index (χ0v) is 13.5. The second-order valence-electron chi connectivity index (χ2n) is 4.52. The fraction of sp³-hybridized carbons (Fsp3) is 0.583. The predicted molar refractivity (Wildman–Crippen MR) is 80.4 cm³/mol. The Morgan fingerprint density at radius 3 is 2.85 bits per heavy atom. The minimum atomic E-state index is -3.48. The maximum atomic E-state index is 11.9. The third-order valence-corrected chi connectivity index (χ3v) is 6.05. The summed E-state index contributed by atoms with van der Waals surface area (Å²) < 4.78 is 31.1. The molecule has 0 unspecified atom stereocenters. The highest BCUT2D eigenvalue weighted by atomic mass is 35.5. The van der Waals surface area contributed by atoms with Crippen molar-refractivity contribution in [3.63, 3.8) is 0 Å². The van der Waals surface area contributed by atoms with Crippen molar-refractivity contribution in [2.45, 2.75) is 25.7 Å². The molecule has 112 valence electrons. The first-order valence-electron chi connectivity index (χ1n) is 6.28. The summed E-state index contributed by atoms with van der Waals surface area (Å²) in [5, 5.41) is 0.371. The summed E-state index contributed by atoms with van der Waals surface area (Å²) in [6.45, 7) is 0. The lowest BCUT2D eigenvalue weighted by atomic mass is 10.1. The van der Waals surface area contributed by atoms with Gasteiger partial charge >= 0.3 is 5.97 Å². The van der Waals surface area contributed by atoms with Crippen LogP contribution in [0, 0.1) is 0 Å². The first-order chi connectivity index (χ1) is 9.48. The number of methoxy groups -OCH3 is 1. The Balaban J connectivity index is 2.31. The van der Waals surface area contributed by atoms with Crippen molar-refractivity contribution in [2.24, 2.45) is 0 Å². The molecule has 0 spiro atoms. The molecule has 0 amide bonds. The number of rotatable bonds is 6. The maximum Gasteiger partial charge on any atom is 0.341 e. The van der Waals surface area contributed by atoms with Crippen molar-refractivity contribution in [3.8, 4) is 0 Å². The van der Waals surface area contributed by atoms with Crippen LogP contribution in [0.1, 0.15) is 33.6 Å². The fourth-order valence-corrected chi connectivity index (χ4v) is 5.21. The number of carbonyl (C=O) groups excluding carboxylic acids is 1. The van der Waals surface area contributed by atoms with Crippen LogP contribution in [0.25, 0.3) is 0 Å². The fourth-order valence-electron chi connectivity index (χ4n) is 2.23. The van der Waals surface area contributed by atoms with Gasteiger partial charge in [0.05, 0.1) is 18.4 Å². The Bertz CT molecular complexity index is 609. The molecule has 0 radical (unpaired) electrons. The van der Waals surface area contributed by atoms with Crippen LogP contribution in [0.4, 0.5) is 5.00 Å². The molecular formula is C12H16ClNO4S2. The summed E-state index contributed by atoms with van der Waals surface area (Å²) in [5.74, 6) is -0.259. The molecule has 0 bridgehead atoms. The SMILES string of the molecule is COC(=O)c1c(NS(=O)(=O)CCCCl)sc2c1CCC2. The van der Waals surface area contributed by atoms with Crippen LogP contribution in [0.2, 0.25) is 0 Å². The monoisotopic (exact) mass is 337 g/mol. The second-order valence-corrected chi connectivity index (χ2v) is 7.84. The lowest BCUT2D eigenvalue weighted by molar-refractivity contribution is 0.0601. The lowest BCUT2D eigenvalue weighted by Crippen LogP contribution is -2.18. The summed E-state index contributed by atoms with van der Waals surface area (Å²) in [6.07, 6.45) is 3.03. The standard InChI is InChI=1S/C12H16ClNO4S2/c1-18-12(15)10-8-4-2-5-9(8)19-11(10)14-20(16,17)7-3-6-13/h14H,2-7H2,1H3. The highest BCUT2D eigenvalue weighted by molar-refractivity contribution is 7.92. The normalized spacial score (nSPS) is 14.1. The molecule has 1 N–H and O–H groups in total. The van der Waals surface area contributed by atoms with E-state index in [0.29, 0.717) is 17.0 Å². The number of hydrogen-bond donors (Lipinski definition) is 1. The summed E-state index contributed by atoms with van der Waals surface area (Å²) in [7, 11) is -2.18.